The summed E-state index contributed by atoms with van der Waals surface area (Å²) in [4.78, 5) is 25.8. The maximum Gasteiger partial charge on any atom is 0.330 e. The highest BCUT2D eigenvalue weighted by atomic mass is 32.2. The molecule has 0 heterocycles. The van der Waals surface area contributed by atoms with E-state index in [4.69, 9.17) is 4.74 Å². The number of Topliss-reactive ketones (excluding diaryl/α,β-unsaturated/α-hetero) is 1. The maximum atomic E-state index is 12.5. The molecule has 1 aromatic rings. The average molecular weight is 292 g/mol. The number of ketones is 1. The van der Waals surface area contributed by atoms with E-state index in [1.54, 1.807) is 0 Å². The number of carbonyl (C=O) groups is 2. The first-order valence-corrected chi connectivity index (χ1v) is 7.85. The van der Waals surface area contributed by atoms with Crippen LogP contribution >= 0.6 is 11.8 Å². The van der Waals surface area contributed by atoms with Crippen molar-refractivity contribution in [3.05, 3.63) is 30.3 Å². The highest BCUT2D eigenvalue weighted by molar-refractivity contribution is 8.02. The van der Waals surface area contributed by atoms with Crippen LogP contribution in [0, 0.1) is 0 Å². The Bertz CT molecular complexity index is 484. The Morgan fingerprint density at radius 3 is 2.55 bits per heavy atom. The second kappa shape index (κ2) is 6.44. The molecule has 1 unspecified atom stereocenters. The SMILES string of the molecule is CC(C)OC(=O)C1(Sc2ccccc2)CCCCC1=O. The molecule has 2 rings (SSSR count). The third kappa shape index (κ3) is 3.23. The Morgan fingerprint density at radius 1 is 1.25 bits per heavy atom. The lowest BCUT2D eigenvalue weighted by Gasteiger charge is -2.33. The molecule has 0 saturated heterocycles. The summed E-state index contributed by atoms with van der Waals surface area (Å²) < 4.78 is 4.30. The van der Waals surface area contributed by atoms with Crippen LogP contribution in [-0.4, -0.2) is 22.6 Å². The lowest BCUT2D eigenvalue weighted by Crippen LogP contribution is -2.47. The summed E-state index contributed by atoms with van der Waals surface area (Å²) in [5.41, 5.74) is 0. The van der Waals surface area contributed by atoms with Gasteiger partial charge in [0.2, 0.25) is 0 Å². The van der Waals surface area contributed by atoms with Gasteiger partial charge in [-0.15, -0.1) is 0 Å². The Kier molecular flexibility index (Phi) is 4.86. The predicted octanol–water partition coefficient (Wildman–Crippen LogP) is 3.61. The van der Waals surface area contributed by atoms with Crippen molar-refractivity contribution in [2.45, 2.75) is 55.3 Å². The van der Waals surface area contributed by atoms with Crippen molar-refractivity contribution in [1.29, 1.82) is 0 Å². The van der Waals surface area contributed by atoms with Gasteiger partial charge in [-0.1, -0.05) is 36.4 Å². The van der Waals surface area contributed by atoms with E-state index >= 15 is 0 Å². The van der Waals surface area contributed by atoms with Crippen LogP contribution in [-0.2, 0) is 14.3 Å². The van der Waals surface area contributed by atoms with Crippen LogP contribution in [0.4, 0.5) is 0 Å². The van der Waals surface area contributed by atoms with E-state index in [0.717, 1.165) is 17.7 Å². The average Bonchev–Trinajstić information content (AvgIpc) is 2.42. The van der Waals surface area contributed by atoms with Crippen molar-refractivity contribution in [2.24, 2.45) is 0 Å². The van der Waals surface area contributed by atoms with Crippen LogP contribution in [0.5, 0.6) is 0 Å². The molecule has 1 aromatic carbocycles. The zero-order chi connectivity index (χ0) is 14.6. The van der Waals surface area contributed by atoms with E-state index in [2.05, 4.69) is 0 Å². The van der Waals surface area contributed by atoms with Crippen molar-refractivity contribution in [3.8, 4) is 0 Å². The molecule has 1 aliphatic rings. The van der Waals surface area contributed by atoms with Gasteiger partial charge in [0.15, 0.2) is 10.5 Å². The lowest BCUT2D eigenvalue weighted by molar-refractivity contribution is -0.154. The molecule has 0 spiro atoms. The molecule has 1 atom stereocenters. The quantitative estimate of drug-likeness (QED) is 0.628. The van der Waals surface area contributed by atoms with Gasteiger partial charge in [-0.25, -0.2) is 0 Å². The third-order valence-corrected chi connectivity index (χ3v) is 4.80. The summed E-state index contributed by atoms with van der Waals surface area (Å²) in [6.45, 7) is 3.62. The van der Waals surface area contributed by atoms with Crippen LogP contribution in [0.15, 0.2) is 35.2 Å². The second-order valence-electron chi connectivity index (χ2n) is 5.33. The van der Waals surface area contributed by atoms with Crippen molar-refractivity contribution in [3.63, 3.8) is 0 Å². The van der Waals surface area contributed by atoms with Gasteiger partial charge < -0.3 is 4.74 Å². The molecular weight excluding hydrogens is 272 g/mol. The van der Waals surface area contributed by atoms with E-state index in [-0.39, 0.29) is 17.9 Å². The van der Waals surface area contributed by atoms with Gasteiger partial charge in [-0.05, 0) is 38.8 Å². The predicted molar refractivity (Wildman–Crippen MR) is 79.7 cm³/mol. The highest BCUT2D eigenvalue weighted by Crippen LogP contribution is 2.42. The lowest BCUT2D eigenvalue weighted by atomic mass is 9.87. The molecule has 0 aliphatic heterocycles. The van der Waals surface area contributed by atoms with Crippen LogP contribution in [0.3, 0.4) is 0 Å². The molecule has 4 heteroatoms. The van der Waals surface area contributed by atoms with E-state index in [9.17, 15) is 9.59 Å². The first-order valence-electron chi connectivity index (χ1n) is 7.03. The maximum absolute atomic E-state index is 12.5. The summed E-state index contributed by atoms with van der Waals surface area (Å²) in [5, 5.41) is 0. The van der Waals surface area contributed by atoms with Gasteiger partial charge in [0.25, 0.3) is 0 Å². The molecule has 20 heavy (non-hydrogen) atoms. The molecular formula is C16H20O3S. The summed E-state index contributed by atoms with van der Waals surface area (Å²) in [5.74, 6) is -0.380. The smallest absolute Gasteiger partial charge is 0.330 e. The van der Waals surface area contributed by atoms with Gasteiger partial charge in [-0.2, -0.15) is 0 Å². The zero-order valence-corrected chi connectivity index (χ0v) is 12.7. The Labute approximate surface area is 124 Å². The van der Waals surface area contributed by atoms with Crippen LogP contribution in [0.1, 0.15) is 39.5 Å². The number of ether oxygens (including phenoxy) is 1. The fraction of sp³-hybridized carbons (Fsp3) is 0.500. The largest absolute Gasteiger partial charge is 0.462 e. The third-order valence-electron chi connectivity index (χ3n) is 3.34. The Morgan fingerprint density at radius 2 is 1.95 bits per heavy atom. The summed E-state index contributed by atoms with van der Waals surface area (Å²) >= 11 is 1.35. The van der Waals surface area contributed by atoms with Crippen LogP contribution in [0.25, 0.3) is 0 Å². The summed E-state index contributed by atoms with van der Waals surface area (Å²) in [6.07, 6.45) is 2.58. The number of hydrogen-bond donors (Lipinski definition) is 0. The minimum atomic E-state index is -1.05. The topological polar surface area (TPSA) is 43.4 Å². The molecule has 0 amide bonds. The monoisotopic (exact) mass is 292 g/mol. The minimum Gasteiger partial charge on any atom is -0.462 e. The number of benzene rings is 1. The fourth-order valence-electron chi connectivity index (χ4n) is 2.37. The normalized spacial score (nSPS) is 22.9. The number of rotatable bonds is 4. The first-order chi connectivity index (χ1) is 9.54. The molecule has 108 valence electrons. The van der Waals surface area contributed by atoms with Crippen LogP contribution in [0.2, 0.25) is 0 Å². The fourth-order valence-corrected chi connectivity index (χ4v) is 3.65. The Balaban J connectivity index is 2.28. The number of hydrogen-bond acceptors (Lipinski definition) is 4. The van der Waals surface area contributed by atoms with Gasteiger partial charge in [0.1, 0.15) is 0 Å². The minimum absolute atomic E-state index is 0.00301. The van der Waals surface area contributed by atoms with Crippen molar-refractivity contribution >= 4 is 23.5 Å². The van der Waals surface area contributed by atoms with Crippen molar-refractivity contribution in [2.75, 3.05) is 0 Å². The van der Waals surface area contributed by atoms with E-state index in [0.29, 0.717) is 12.8 Å². The van der Waals surface area contributed by atoms with Gasteiger partial charge in [0.05, 0.1) is 6.10 Å². The van der Waals surface area contributed by atoms with E-state index in [1.807, 2.05) is 44.2 Å². The summed E-state index contributed by atoms with van der Waals surface area (Å²) in [6, 6.07) is 9.61. The number of esters is 1. The van der Waals surface area contributed by atoms with Gasteiger partial charge in [-0.3, -0.25) is 9.59 Å². The zero-order valence-electron chi connectivity index (χ0n) is 11.9. The number of carbonyl (C=O) groups excluding carboxylic acids is 2. The van der Waals surface area contributed by atoms with Crippen molar-refractivity contribution < 1.29 is 14.3 Å². The molecule has 0 N–H and O–H groups in total. The van der Waals surface area contributed by atoms with Gasteiger partial charge in [0, 0.05) is 11.3 Å². The van der Waals surface area contributed by atoms with E-state index < -0.39 is 4.75 Å². The second-order valence-corrected chi connectivity index (χ2v) is 6.70. The first kappa shape index (κ1) is 15.1. The molecule has 0 aromatic heterocycles. The number of thioether (sulfide) groups is 1. The van der Waals surface area contributed by atoms with Gasteiger partial charge >= 0.3 is 5.97 Å². The van der Waals surface area contributed by atoms with Crippen molar-refractivity contribution in [1.82, 2.24) is 0 Å². The highest BCUT2D eigenvalue weighted by Gasteiger charge is 2.49. The molecule has 1 fully saturated rings. The van der Waals surface area contributed by atoms with E-state index in [1.165, 1.54) is 11.8 Å². The molecule has 1 saturated carbocycles. The molecule has 0 radical (unpaired) electrons. The molecule has 0 bridgehead atoms. The summed E-state index contributed by atoms with van der Waals surface area (Å²) in [7, 11) is 0. The Hall–Kier alpha value is -1.29. The van der Waals surface area contributed by atoms with Crippen LogP contribution < -0.4 is 0 Å². The standard InChI is InChI=1S/C16H20O3S/c1-12(2)19-15(18)16(11-7-6-10-14(16)17)20-13-8-4-3-5-9-13/h3-5,8-9,12H,6-7,10-11H2,1-2H3. The molecule has 3 nitrogen and oxygen atoms in total. The molecule has 1 aliphatic carbocycles.